The van der Waals surface area contributed by atoms with Crippen molar-refractivity contribution in [3.05, 3.63) is 71.7 Å². The smallest absolute Gasteiger partial charge is 0.228 e. The van der Waals surface area contributed by atoms with Gasteiger partial charge in [0.2, 0.25) is 5.91 Å². The van der Waals surface area contributed by atoms with Crippen molar-refractivity contribution < 1.29 is 4.79 Å². The highest BCUT2D eigenvalue weighted by molar-refractivity contribution is 5.79. The molecule has 0 N–H and O–H groups in total. The molecule has 0 fully saturated rings. The number of aromatic nitrogens is 2. The van der Waals surface area contributed by atoms with Crippen LogP contribution in [0, 0.1) is 0 Å². The molecule has 122 valence electrons. The molecule has 2 heterocycles. The van der Waals surface area contributed by atoms with Gasteiger partial charge in [-0.1, -0.05) is 30.3 Å². The number of carbonyl (C=O) groups is 1. The maximum Gasteiger partial charge on any atom is 0.228 e. The zero-order chi connectivity index (χ0) is 16.5. The minimum absolute atomic E-state index is 0.141. The zero-order valence-electron chi connectivity index (χ0n) is 13.9. The molecule has 0 saturated heterocycles. The van der Waals surface area contributed by atoms with E-state index in [1.54, 1.807) is 6.20 Å². The fraction of sp³-hybridized carbons (Fsp3) is 0.300. The van der Waals surface area contributed by atoms with Crippen LogP contribution < -0.4 is 0 Å². The first kappa shape index (κ1) is 14.9. The van der Waals surface area contributed by atoms with E-state index < -0.39 is 0 Å². The predicted octanol–water partition coefficient (Wildman–Crippen LogP) is 3.41. The van der Waals surface area contributed by atoms with Crippen LogP contribution in [-0.4, -0.2) is 27.2 Å². The van der Waals surface area contributed by atoms with E-state index in [1.165, 1.54) is 11.1 Å². The zero-order valence-corrected chi connectivity index (χ0v) is 13.9. The maximum atomic E-state index is 12.8. The molecule has 1 aromatic carbocycles. The molecule has 4 heteroatoms. The van der Waals surface area contributed by atoms with Crippen LogP contribution in [0.3, 0.4) is 0 Å². The number of rotatable bonds is 3. The Labute approximate surface area is 141 Å². The Hall–Kier alpha value is -2.62. The first-order valence-electron chi connectivity index (χ1n) is 8.48. The Morgan fingerprint density at radius 3 is 3.00 bits per heavy atom. The highest BCUT2D eigenvalue weighted by Crippen LogP contribution is 2.33. The van der Waals surface area contributed by atoms with Crippen LogP contribution in [0.5, 0.6) is 0 Å². The molecule has 0 bridgehead atoms. The summed E-state index contributed by atoms with van der Waals surface area (Å²) < 4.78 is 1.99. The summed E-state index contributed by atoms with van der Waals surface area (Å²) in [6.07, 6.45) is 7.42. The Morgan fingerprint density at radius 2 is 2.08 bits per heavy atom. The summed E-state index contributed by atoms with van der Waals surface area (Å²) in [5.41, 5.74) is 4.50. The topological polar surface area (TPSA) is 37.6 Å². The van der Waals surface area contributed by atoms with Gasteiger partial charge in [-0.15, -0.1) is 0 Å². The van der Waals surface area contributed by atoms with Crippen LogP contribution in [0.4, 0.5) is 0 Å². The maximum absolute atomic E-state index is 12.8. The van der Waals surface area contributed by atoms with E-state index in [-0.39, 0.29) is 11.9 Å². The SMILES string of the molecule is CN(C(=O)Cc1cnc2ccccn12)[C@@H]1CCCc2ccccc21. The number of carbonyl (C=O) groups excluding carboxylic acids is 1. The van der Waals surface area contributed by atoms with Gasteiger partial charge in [-0.05, 0) is 42.5 Å². The minimum atomic E-state index is 0.141. The van der Waals surface area contributed by atoms with Gasteiger partial charge in [-0.2, -0.15) is 0 Å². The number of nitrogens with zero attached hydrogens (tertiary/aromatic N) is 3. The average Bonchev–Trinajstić information content (AvgIpc) is 3.03. The molecule has 3 aromatic rings. The van der Waals surface area contributed by atoms with Crippen molar-refractivity contribution in [3.63, 3.8) is 0 Å². The van der Waals surface area contributed by atoms with E-state index in [2.05, 4.69) is 29.2 Å². The molecule has 0 unspecified atom stereocenters. The predicted molar refractivity (Wildman–Crippen MR) is 93.8 cm³/mol. The molecule has 24 heavy (non-hydrogen) atoms. The van der Waals surface area contributed by atoms with Gasteiger partial charge < -0.3 is 9.30 Å². The summed E-state index contributed by atoms with van der Waals surface area (Å²) in [6, 6.07) is 14.6. The summed E-state index contributed by atoms with van der Waals surface area (Å²) in [5, 5.41) is 0. The average molecular weight is 319 g/mol. The third kappa shape index (κ3) is 2.58. The number of imidazole rings is 1. The number of benzene rings is 1. The van der Waals surface area contributed by atoms with Gasteiger partial charge in [0.15, 0.2) is 0 Å². The Kier molecular flexibility index (Phi) is 3.81. The molecular weight excluding hydrogens is 298 g/mol. The number of fused-ring (bicyclic) bond motifs is 2. The molecule has 4 rings (SSSR count). The summed E-state index contributed by atoms with van der Waals surface area (Å²) in [6.45, 7) is 0. The third-order valence-electron chi connectivity index (χ3n) is 5.02. The Balaban J connectivity index is 1.57. The van der Waals surface area contributed by atoms with Crippen molar-refractivity contribution in [2.75, 3.05) is 7.05 Å². The summed E-state index contributed by atoms with van der Waals surface area (Å²) in [7, 11) is 1.93. The molecule has 0 saturated carbocycles. The lowest BCUT2D eigenvalue weighted by molar-refractivity contribution is -0.131. The molecule has 1 aliphatic carbocycles. The van der Waals surface area contributed by atoms with Crippen molar-refractivity contribution in [2.45, 2.75) is 31.7 Å². The molecule has 0 radical (unpaired) electrons. The van der Waals surface area contributed by atoms with E-state index in [0.717, 1.165) is 30.6 Å². The van der Waals surface area contributed by atoms with E-state index in [1.807, 2.05) is 40.7 Å². The molecule has 1 atom stereocenters. The van der Waals surface area contributed by atoms with Crippen LogP contribution in [0.25, 0.3) is 5.65 Å². The number of hydrogen-bond donors (Lipinski definition) is 0. The second-order valence-electron chi connectivity index (χ2n) is 6.47. The number of likely N-dealkylation sites (N-methyl/N-ethyl adjacent to an activating group) is 1. The van der Waals surface area contributed by atoms with Crippen LogP contribution >= 0.6 is 0 Å². The lowest BCUT2D eigenvalue weighted by Crippen LogP contribution is -2.34. The third-order valence-corrected chi connectivity index (χ3v) is 5.02. The van der Waals surface area contributed by atoms with Gasteiger partial charge in [0.25, 0.3) is 0 Å². The van der Waals surface area contributed by atoms with Crippen LogP contribution in [0.15, 0.2) is 54.9 Å². The van der Waals surface area contributed by atoms with Gasteiger partial charge >= 0.3 is 0 Å². The largest absolute Gasteiger partial charge is 0.338 e. The molecule has 1 aliphatic rings. The van der Waals surface area contributed by atoms with Gasteiger partial charge in [0.05, 0.1) is 18.2 Å². The molecule has 0 spiro atoms. The van der Waals surface area contributed by atoms with Crippen molar-refractivity contribution in [2.24, 2.45) is 0 Å². The van der Waals surface area contributed by atoms with Crippen molar-refractivity contribution >= 4 is 11.6 Å². The van der Waals surface area contributed by atoms with Crippen molar-refractivity contribution in [3.8, 4) is 0 Å². The lowest BCUT2D eigenvalue weighted by atomic mass is 9.87. The number of hydrogen-bond acceptors (Lipinski definition) is 2. The van der Waals surface area contributed by atoms with E-state index in [9.17, 15) is 4.79 Å². The van der Waals surface area contributed by atoms with Gasteiger partial charge in [0, 0.05) is 19.4 Å². The fourth-order valence-electron chi connectivity index (χ4n) is 3.70. The Morgan fingerprint density at radius 1 is 1.25 bits per heavy atom. The number of pyridine rings is 1. The van der Waals surface area contributed by atoms with Crippen LogP contribution in [-0.2, 0) is 17.6 Å². The molecule has 0 aliphatic heterocycles. The first-order chi connectivity index (χ1) is 11.7. The highest BCUT2D eigenvalue weighted by Gasteiger charge is 2.26. The second-order valence-corrected chi connectivity index (χ2v) is 6.47. The van der Waals surface area contributed by atoms with Crippen LogP contribution in [0.1, 0.15) is 35.7 Å². The summed E-state index contributed by atoms with van der Waals surface area (Å²) in [4.78, 5) is 19.1. The second kappa shape index (κ2) is 6.11. The van der Waals surface area contributed by atoms with Gasteiger partial charge in [0.1, 0.15) is 5.65 Å². The molecule has 2 aromatic heterocycles. The summed E-state index contributed by atoms with van der Waals surface area (Å²) >= 11 is 0. The highest BCUT2D eigenvalue weighted by atomic mass is 16.2. The van der Waals surface area contributed by atoms with Crippen LogP contribution in [0.2, 0.25) is 0 Å². The standard InChI is InChI=1S/C20H21N3O/c1-22(18-10-6-8-15-7-2-3-9-17(15)18)20(24)13-16-14-21-19-11-4-5-12-23(16)19/h2-5,7,9,11-12,14,18H,6,8,10,13H2,1H3/t18-/m1/s1. The molecule has 1 amide bonds. The monoisotopic (exact) mass is 319 g/mol. The molecule has 4 nitrogen and oxygen atoms in total. The normalized spacial score (nSPS) is 16.8. The number of amides is 1. The minimum Gasteiger partial charge on any atom is -0.338 e. The van der Waals surface area contributed by atoms with Gasteiger partial charge in [-0.25, -0.2) is 4.98 Å². The fourth-order valence-corrected chi connectivity index (χ4v) is 3.70. The summed E-state index contributed by atoms with van der Waals surface area (Å²) in [5.74, 6) is 0.141. The number of aryl methyl sites for hydroxylation is 1. The molecular formula is C20H21N3O. The van der Waals surface area contributed by atoms with Crippen molar-refractivity contribution in [1.82, 2.24) is 14.3 Å². The van der Waals surface area contributed by atoms with E-state index in [0.29, 0.717) is 6.42 Å². The van der Waals surface area contributed by atoms with E-state index in [4.69, 9.17) is 0 Å². The Bertz CT molecular complexity index is 883. The van der Waals surface area contributed by atoms with E-state index >= 15 is 0 Å². The first-order valence-corrected chi connectivity index (χ1v) is 8.48. The lowest BCUT2D eigenvalue weighted by Gasteiger charge is -2.33. The van der Waals surface area contributed by atoms with Gasteiger partial charge in [-0.3, -0.25) is 4.79 Å². The quantitative estimate of drug-likeness (QED) is 0.742. The van der Waals surface area contributed by atoms with Crippen molar-refractivity contribution in [1.29, 1.82) is 0 Å².